The van der Waals surface area contributed by atoms with Crippen LogP contribution in [0.5, 0.6) is 0 Å². The quantitative estimate of drug-likeness (QED) is 0.533. The maximum absolute atomic E-state index is 12.1. The van der Waals surface area contributed by atoms with Crippen LogP contribution in [0.4, 0.5) is 5.69 Å². The van der Waals surface area contributed by atoms with E-state index in [9.17, 15) is 19.2 Å². The number of esters is 1. The van der Waals surface area contributed by atoms with Gasteiger partial charge in [-0.15, -0.1) is 11.3 Å². The number of aryl methyl sites for hydroxylation is 1. The van der Waals surface area contributed by atoms with Crippen molar-refractivity contribution >= 4 is 40.6 Å². The predicted octanol–water partition coefficient (Wildman–Crippen LogP) is 2.69. The number of primary amides is 1. The van der Waals surface area contributed by atoms with Gasteiger partial charge in [-0.05, 0) is 50.2 Å². The Hall–Kier alpha value is -3.00. The summed E-state index contributed by atoms with van der Waals surface area (Å²) in [7, 11) is 0. The van der Waals surface area contributed by atoms with Gasteiger partial charge in [-0.25, -0.2) is 0 Å². The van der Waals surface area contributed by atoms with E-state index < -0.39 is 23.9 Å². The molecule has 8 heteroatoms. The number of nitrogens with one attached hydrogen (secondary N) is 1. The van der Waals surface area contributed by atoms with Crippen molar-refractivity contribution in [2.75, 3.05) is 5.32 Å². The zero-order valence-electron chi connectivity index (χ0n) is 15.0. The first-order valence-corrected chi connectivity index (χ1v) is 9.07. The van der Waals surface area contributed by atoms with Gasteiger partial charge in [0.05, 0.1) is 11.3 Å². The van der Waals surface area contributed by atoms with Crippen molar-refractivity contribution in [3.05, 3.63) is 51.7 Å². The van der Waals surface area contributed by atoms with Crippen molar-refractivity contribution < 1.29 is 23.9 Å². The van der Waals surface area contributed by atoms with Crippen LogP contribution in [0.1, 0.15) is 44.7 Å². The number of ketones is 1. The molecule has 0 aliphatic rings. The van der Waals surface area contributed by atoms with E-state index in [1.165, 1.54) is 42.5 Å². The topological polar surface area (TPSA) is 116 Å². The van der Waals surface area contributed by atoms with Gasteiger partial charge in [-0.3, -0.25) is 19.2 Å². The standard InChI is InChI=1S/C19H20N2O5S/c1-11-3-9-16(27-11)15(22)8-10-17(23)26-12(2)19(25)21-14-6-4-13(5-7-14)18(20)24/h3-7,9,12H,8,10H2,1-2H3,(H2,20,24)(H,21,25). The van der Waals surface area contributed by atoms with Gasteiger partial charge in [-0.2, -0.15) is 0 Å². The minimum Gasteiger partial charge on any atom is -0.453 e. The molecule has 1 atom stereocenters. The smallest absolute Gasteiger partial charge is 0.307 e. The highest BCUT2D eigenvalue weighted by Crippen LogP contribution is 2.18. The van der Waals surface area contributed by atoms with E-state index in [1.54, 1.807) is 6.07 Å². The molecule has 2 amide bonds. The molecule has 0 aliphatic heterocycles. The SMILES string of the molecule is Cc1ccc(C(=O)CCC(=O)OC(C)C(=O)Nc2ccc(C(N)=O)cc2)s1. The Morgan fingerprint density at radius 3 is 2.30 bits per heavy atom. The van der Waals surface area contributed by atoms with Crippen LogP contribution < -0.4 is 11.1 Å². The van der Waals surface area contributed by atoms with E-state index in [0.717, 1.165) is 4.88 Å². The lowest BCUT2D eigenvalue weighted by Crippen LogP contribution is -2.30. The van der Waals surface area contributed by atoms with Gasteiger partial charge in [0.2, 0.25) is 5.91 Å². The maximum Gasteiger partial charge on any atom is 0.307 e. The fourth-order valence-corrected chi connectivity index (χ4v) is 3.03. The number of benzene rings is 1. The second-order valence-electron chi connectivity index (χ2n) is 5.90. The Labute approximate surface area is 160 Å². The lowest BCUT2D eigenvalue weighted by molar-refractivity contribution is -0.153. The number of carbonyl (C=O) groups is 4. The number of thiophene rings is 1. The number of hydrogen-bond acceptors (Lipinski definition) is 6. The zero-order valence-corrected chi connectivity index (χ0v) is 15.8. The van der Waals surface area contributed by atoms with Crippen molar-refractivity contribution in [3.63, 3.8) is 0 Å². The Morgan fingerprint density at radius 1 is 1.07 bits per heavy atom. The Bertz CT molecular complexity index is 857. The number of anilines is 1. The average molecular weight is 388 g/mol. The first kappa shape index (κ1) is 20.3. The molecule has 0 fully saturated rings. The molecule has 2 rings (SSSR count). The molecule has 1 heterocycles. The fourth-order valence-electron chi connectivity index (χ4n) is 2.19. The van der Waals surface area contributed by atoms with E-state index in [-0.39, 0.29) is 18.6 Å². The summed E-state index contributed by atoms with van der Waals surface area (Å²) in [6, 6.07) is 9.58. The van der Waals surface area contributed by atoms with Crippen LogP contribution in [0, 0.1) is 6.92 Å². The van der Waals surface area contributed by atoms with Gasteiger partial charge in [0.1, 0.15) is 0 Å². The Morgan fingerprint density at radius 2 is 1.74 bits per heavy atom. The molecule has 142 valence electrons. The zero-order chi connectivity index (χ0) is 20.0. The van der Waals surface area contributed by atoms with Crippen LogP contribution in [-0.2, 0) is 14.3 Å². The van der Waals surface area contributed by atoms with Crippen molar-refractivity contribution in [2.45, 2.75) is 32.8 Å². The maximum atomic E-state index is 12.1. The van der Waals surface area contributed by atoms with Gasteiger partial charge in [0.15, 0.2) is 11.9 Å². The van der Waals surface area contributed by atoms with Crippen LogP contribution in [-0.4, -0.2) is 29.7 Å². The number of ether oxygens (including phenoxy) is 1. The van der Waals surface area contributed by atoms with Gasteiger partial charge in [0, 0.05) is 22.5 Å². The predicted molar refractivity (Wildman–Crippen MR) is 102 cm³/mol. The molecule has 0 bridgehead atoms. The first-order chi connectivity index (χ1) is 12.8. The molecule has 7 nitrogen and oxygen atoms in total. The molecule has 0 saturated carbocycles. The van der Waals surface area contributed by atoms with Crippen LogP contribution in [0.15, 0.2) is 36.4 Å². The highest BCUT2D eigenvalue weighted by Gasteiger charge is 2.19. The molecule has 1 unspecified atom stereocenters. The van der Waals surface area contributed by atoms with Crippen molar-refractivity contribution in [3.8, 4) is 0 Å². The Kier molecular flexibility index (Phi) is 6.84. The molecule has 0 radical (unpaired) electrons. The molecule has 27 heavy (non-hydrogen) atoms. The third-order valence-electron chi connectivity index (χ3n) is 3.69. The van der Waals surface area contributed by atoms with E-state index in [4.69, 9.17) is 10.5 Å². The van der Waals surface area contributed by atoms with Crippen LogP contribution in [0.3, 0.4) is 0 Å². The minimum atomic E-state index is -1.02. The highest BCUT2D eigenvalue weighted by molar-refractivity contribution is 7.14. The van der Waals surface area contributed by atoms with Crippen molar-refractivity contribution in [2.24, 2.45) is 5.73 Å². The summed E-state index contributed by atoms with van der Waals surface area (Å²) in [5.74, 6) is -1.84. The van der Waals surface area contributed by atoms with Crippen LogP contribution in [0.25, 0.3) is 0 Å². The minimum absolute atomic E-state index is 0.0295. The van der Waals surface area contributed by atoms with Crippen LogP contribution in [0.2, 0.25) is 0 Å². The number of hydrogen-bond donors (Lipinski definition) is 2. The summed E-state index contributed by atoms with van der Waals surface area (Å²) in [4.78, 5) is 48.6. The van der Waals surface area contributed by atoms with E-state index >= 15 is 0 Å². The molecule has 2 aromatic rings. The van der Waals surface area contributed by atoms with Crippen LogP contribution >= 0.6 is 11.3 Å². The van der Waals surface area contributed by atoms with E-state index in [1.807, 2.05) is 13.0 Å². The number of rotatable bonds is 8. The number of nitrogens with two attached hydrogens (primary N) is 1. The second kappa shape index (κ2) is 9.09. The fraction of sp³-hybridized carbons (Fsp3) is 0.263. The van der Waals surface area contributed by atoms with Crippen molar-refractivity contribution in [1.29, 1.82) is 0 Å². The lowest BCUT2D eigenvalue weighted by atomic mass is 10.2. The van der Waals surface area contributed by atoms with Gasteiger partial charge < -0.3 is 15.8 Å². The van der Waals surface area contributed by atoms with Crippen molar-refractivity contribution in [1.82, 2.24) is 0 Å². The number of Topliss-reactive ketones (excluding diaryl/α,β-unsaturated/α-hetero) is 1. The van der Waals surface area contributed by atoms with Gasteiger partial charge >= 0.3 is 5.97 Å². The van der Waals surface area contributed by atoms with Gasteiger partial charge in [-0.1, -0.05) is 0 Å². The molecule has 0 aliphatic carbocycles. The number of amides is 2. The van der Waals surface area contributed by atoms with Gasteiger partial charge in [0.25, 0.3) is 5.91 Å². The Balaban J connectivity index is 1.80. The summed E-state index contributed by atoms with van der Waals surface area (Å²) in [6.07, 6.45) is -1.09. The summed E-state index contributed by atoms with van der Waals surface area (Å²) in [5, 5.41) is 2.57. The average Bonchev–Trinajstić information content (AvgIpc) is 3.06. The third kappa shape index (κ3) is 6.03. The molecule has 1 aromatic heterocycles. The summed E-state index contributed by atoms with van der Waals surface area (Å²) < 4.78 is 5.06. The highest BCUT2D eigenvalue weighted by atomic mass is 32.1. The monoisotopic (exact) mass is 388 g/mol. The van der Waals surface area contributed by atoms with E-state index in [2.05, 4.69) is 5.32 Å². The lowest BCUT2D eigenvalue weighted by Gasteiger charge is -2.13. The summed E-state index contributed by atoms with van der Waals surface area (Å²) in [5.41, 5.74) is 5.91. The normalized spacial score (nSPS) is 11.5. The third-order valence-corrected chi connectivity index (χ3v) is 4.73. The number of carbonyl (C=O) groups excluding carboxylic acids is 4. The molecule has 3 N–H and O–H groups in total. The van der Waals surface area contributed by atoms with E-state index in [0.29, 0.717) is 16.1 Å². The second-order valence-corrected chi connectivity index (χ2v) is 7.18. The summed E-state index contributed by atoms with van der Waals surface area (Å²) >= 11 is 1.38. The molecule has 1 aromatic carbocycles. The molecule has 0 spiro atoms. The molecule has 0 saturated heterocycles. The molecular formula is C19H20N2O5S. The molecular weight excluding hydrogens is 368 g/mol. The summed E-state index contributed by atoms with van der Waals surface area (Å²) in [6.45, 7) is 3.34. The first-order valence-electron chi connectivity index (χ1n) is 8.26. The largest absolute Gasteiger partial charge is 0.453 e.